The number of nitrogens with one attached hydrogen (secondary N) is 1. The first-order valence-corrected chi connectivity index (χ1v) is 7.52. The van der Waals surface area contributed by atoms with E-state index in [1.165, 1.54) is 0 Å². The first kappa shape index (κ1) is 15.6. The predicted molar refractivity (Wildman–Crippen MR) is 86.9 cm³/mol. The van der Waals surface area contributed by atoms with Crippen LogP contribution in [0.2, 0.25) is 5.02 Å². The topological polar surface area (TPSA) is 38.3 Å². The van der Waals surface area contributed by atoms with E-state index in [2.05, 4.69) is 19.2 Å². The number of fused-ring (bicyclic) bond motifs is 1. The standard InChI is InChI=1S/C17H20ClNO2/c1-12(2)9-10-19-17(20)11-21-16-8-7-15(18)13-5-3-4-6-14(13)16/h3-8,12H,9-11H2,1-2H3,(H,19,20). The van der Waals surface area contributed by atoms with Crippen LogP contribution in [0.15, 0.2) is 36.4 Å². The van der Waals surface area contributed by atoms with Gasteiger partial charge in [-0.2, -0.15) is 0 Å². The van der Waals surface area contributed by atoms with Crippen molar-refractivity contribution in [3.63, 3.8) is 0 Å². The van der Waals surface area contributed by atoms with E-state index in [0.717, 1.165) is 17.2 Å². The summed E-state index contributed by atoms with van der Waals surface area (Å²) in [6.07, 6.45) is 0.968. The van der Waals surface area contributed by atoms with E-state index in [4.69, 9.17) is 16.3 Å². The van der Waals surface area contributed by atoms with Crippen LogP contribution in [0, 0.1) is 5.92 Å². The van der Waals surface area contributed by atoms with Gasteiger partial charge in [-0.15, -0.1) is 0 Å². The van der Waals surface area contributed by atoms with Gasteiger partial charge < -0.3 is 10.1 Å². The number of carbonyl (C=O) groups is 1. The molecule has 1 N–H and O–H groups in total. The van der Waals surface area contributed by atoms with Gasteiger partial charge in [0.1, 0.15) is 5.75 Å². The lowest BCUT2D eigenvalue weighted by atomic mass is 10.1. The molecule has 2 aromatic carbocycles. The molecule has 0 aliphatic carbocycles. The number of ether oxygens (including phenoxy) is 1. The number of hydrogen-bond acceptors (Lipinski definition) is 2. The van der Waals surface area contributed by atoms with Crippen LogP contribution >= 0.6 is 11.6 Å². The number of halogens is 1. The molecule has 1 amide bonds. The lowest BCUT2D eigenvalue weighted by Crippen LogP contribution is -2.30. The minimum Gasteiger partial charge on any atom is -0.483 e. The van der Waals surface area contributed by atoms with Crippen LogP contribution in [0.25, 0.3) is 10.8 Å². The molecule has 112 valence electrons. The highest BCUT2D eigenvalue weighted by atomic mass is 35.5. The number of amides is 1. The van der Waals surface area contributed by atoms with E-state index in [9.17, 15) is 4.79 Å². The van der Waals surface area contributed by atoms with E-state index in [-0.39, 0.29) is 12.5 Å². The summed E-state index contributed by atoms with van der Waals surface area (Å²) in [5.41, 5.74) is 0. The molecule has 0 aliphatic heterocycles. The smallest absolute Gasteiger partial charge is 0.257 e. The van der Waals surface area contributed by atoms with Gasteiger partial charge in [0.15, 0.2) is 6.61 Å². The molecule has 21 heavy (non-hydrogen) atoms. The van der Waals surface area contributed by atoms with Crippen LogP contribution in [0.5, 0.6) is 5.75 Å². The van der Waals surface area contributed by atoms with Crippen LogP contribution in [-0.4, -0.2) is 19.1 Å². The first-order chi connectivity index (χ1) is 10.1. The number of carbonyl (C=O) groups excluding carboxylic acids is 1. The maximum Gasteiger partial charge on any atom is 0.257 e. The largest absolute Gasteiger partial charge is 0.483 e. The average molecular weight is 306 g/mol. The predicted octanol–water partition coefficient (Wildman–Crippen LogP) is 4.03. The third kappa shape index (κ3) is 4.36. The van der Waals surface area contributed by atoms with Crippen molar-refractivity contribution in [2.75, 3.05) is 13.2 Å². The Kier molecular flexibility index (Phi) is 5.45. The van der Waals surface area contributed by atoms with E-state index >= 15 is 0 Å². The van der Waals surface area contributed by atoms with Crippen molar-refractivity contribution in [1.29, 1.82) is 0 Å². The van der Waals surface area contributed by atoms with Gasteiger partial charge in [-0.1, -0.05) is 49.7 Å². The second kappa shape index (κ2) is 7.32. The van der Waals surface area contributed by atoms with Crippen molar-refractivity contribution in [1.82, 2.24) is 5.32 Å². The number of benzene rings is 2. The Morgan fingerprint density at radius 3 is 2.62 bits per heavy atom. The third-order valence-corrected chi connectivity index (χ3v) is 3.56. The van der Waals surface area contributed by atoms with Crippen molar-refractivity contribution >= 4 is 28.3 Å². The minimum absolute atomic E-state index is 0.0176. The SMILES string of the molecule is CC(C)CCNC(=O)COc1ccc(Cl)c2ccccc12. The molecular formula is C17H20ClNO2. The van der Waals surface area contributed by atoms with Crippen LogP contribution in [0.4, 0.5) is 0 Å². The summed E-state index contributed by atoms with van der Waals surface area (Å²) in [5.74, 6) is 1.15. The molecule has 0 bridgehead atoms. The second-order valence-corrected chi connectivity index (χ2v) is 5.82. The van der Waals surface area contributed by atoms with Crippen molar-refractivity contribution in [3.05, 3.63) is 41.4 Å². The van der Waals surface area contributed by atoms with Crippen molar-refractivity contribution in [2.24, 2.45) is 5.92 Å². The minimum atomic E-state index is -0.102. The Morgan fingerprint density at radius 1 is 1.19 bits per heavy atom. The van der Waals surface area contributed by atoms with Gasteiger partial charge in [-0.3, -0.25) is 4.79 Å². The Bertz CT molecular complexity index is 625. The molecule has 0 unspecified atom stereocenters. The van der Waals surface area contributed by atoms with Gasteiger partial charge in [0.05, 0.1) is 0 Å². The zero-order valence-electron chi connectivity index (χ0n) is 12.4. The lowest BCUT2D eigenvalue weighted by Gasteiger charge is -2.11. The first-order valence-electron chi connectivity index (χ1n) is 7.14. The monoisotopic (exact) mass is 305 g/mol. The molecule has 0 heterocycles. The summed E-state index contributed by atoms with van der Waals surface area (Å²) in [6.45, 7) is 4.95. The summed E-state index contributed by atoms with van der Waals surface area (Å²) in [7, 11) is 0. The Hall–Kier alpha value is -1.74. The van der Waals surface area contributed by atoms with Gasteiger partial charge in [0.25, 0.3) is 5.91 Å². The molecule has 3 nitrogen and oxygen atoms in total. The summed E-state index contributed by atoms with van der Waals surface area (Å²) in [6, 6.07) is 11.3. The highest BCUT2D eigenvalue weighted by Gasteiger charge is 2.07. The summed E-state index contributed by atoms with van der Waals surface area (Å²) in [5, 5.41) is 5.38. The number of rotatable bonds is 6. The maximum atomic E-state index is 11.7. The van der Waals surface area contributed by atoms with Crippen molar-refractivity contribution in [2.45, 2.75) is 20.3 Å². The van der Waals surface area contributed by atoms with Crippen molar-refractivity contribution in [3.8, 4) is 5.75 Å². The Labute approximate surface area is 130 Å². The van der Waals surface area contributed by atoms with Crippen LogP contribution in [0.3, 0.4) is 0 Å². The molecule has 2 rings (SSSR count). The van der Waals surface area contributed by atoms with Gasteiger partial charge in [0, 0.05) is 22.3 Å². The Morgan fingerprint density at radius 2 is 1.90 bits per heavy atom. The fourth-order valence-corrected chi connectivity index (χ4v) is 2.28. The highest BCUT2D eigenvalue weighted by molar-refractivity contribution is 6.35. The molecule has 4 heteroatoms. The molecule has 2 aromatic rings. The lowest BCUT2D eigenvalue weighted by molar-refractivity contribution is -0.123. The molecule has 0 aliphatic rings. The fraction of sp³-hybridized carbons (Fsp3) is 0.353. The molecule has 0 saturated heterocycles. The van der Waals surface area contributed by atoms with Crippen LogP contribution in [0.1, 0.15) is 20.3 Å². The van der Waals surface area contributed by atoms with Gasteiger partial charge in [0.2, 0.25) is 0 Å². The second-order valence-electron chi connectivity index (χ2n) is 5.41. The van der Waals surface area contributed by atoms with E-state index in [1.807, 2.05) is 24.3 Å². The molecule has 0 aromatic heterocycles. The molecule has 0 atom stereocenters. The van der Waals surface area contributed by atoms with Gasteiger partial charge in [-0.25, -0.2) is 0 Å². The zero-order valence-corrected chi connectivity index (χ0v) is 13.1. The Balaban J connectivity index is 1.98. The van der Waals surface area contributed by atoms with E-state index < -0.39 is 0 Å². The summed E-state index contributed by atoms with van der Waals surface area (Å²) >= 11 is 6.16. The van der Waals surface area contributed by atoms with E-state index in [0.29, 0.717) is 23.2 Å². The maximum absolute atomic E-state index is 11.7. The fourth-order valence-electron chi connectivity index (χ4n) is 2.06. The summed E-state index contributed by atoms with van der Waals surface area (Å²) < 4.78 is 5.62. The van der Waals surface area contributed by atoms with Crippen molar-refractivity contribution < 1.29 is 9.53 Å². The quantitative estimate of drug-likeness (QED) is 0.875. The molecule has 0 spiro atoms. The molecular weight excluding hydrogens is 286 g/mol. The van der Waals surface area contributed by atoms with Crippen LogP contribution < -0.4 is 10.1 Å². The average Bonchev–Trinajstić information content (AvgIpc) is 2.46. The highest BCUT2D eigenvalue weighted by Crippen LogP contribution is 2.31. The normalized spacial score (nSPS) is 10.9. The zero-order chi connectivity index (χ0) is 15.2. The third-order valence-electron chi connectivity index (χ3n) is 3.23. The van der Waals surface area contributed by atoms with Gasteiger partial charge in [-0.05, 0) is 24.5 Å². The number of hydrogen-bond donors (Lipinski definition) is 1. The summed E-state index contributed by atoms with van der Waals surface area (Å²) in [4.78, 5) is 11.7. The van der Waals surface area contributed by atoms with E-state index in [1.54, 1.807) is 12.1 Å². The molecule has 0 radical (unpaired) electrons. The molecule has 0 fully saturated rings. The van der Waals surface area contributed by atoms with Gasteiger partial charge >= 0.3 is 0 Å². The molecule has 0 saturated carbocycles. The van der Waals surface area contributed by atoms with Crippen LogP contribution in [-0.2, 0) is 4.79 Å².